The Balaban J connectivity index is 0.728. The molecule has 0 radical (unpaired) electrons. The number of nitrogens with zero attached hydrogens (tertiary/aromatic N) is 8. The molecular weight excluding hydrogens is 813 g/mol. The minimum Gasteiger partial charge on any atom is -0.444 e. The molecule has 1 atom stereocenters. The number of aromatic nitrogens is 6. The summed E-state index contributed by atoms with van der Waals surface area (Å²) >= 11 is 0. The van der Waals surface area contributed by atoms with Crippen molar-refractivity contribution in [2.75, 3.05) is 50.4 Å². The van der Waals surface area contributed by atoms with E-state index in [0.717, 1.165) is 88.9 Å². The first-order valence-corrected chi connectivity index (χ1v) is 22.2. The van der Waals surface area contributed by atoms with Crippen molar-refractivity contribution in [2.45, 2.75) is 89.3 Å². The van der Waals surface area contributed by atoms with Crippen molar-refractivity contribution in [3.63, 3.8) is 0 Å². The molecule has 4 fully saturated rings. The first-order valence-electron chi connectivity index (χ1n) is 22.2. The van der Waals surface area contributed by atoms with E-state index in [4.69, 9.17) is 4.42 Å². The average molecular weight is 868 g/mol. The van der Waals surface area contributed by atoms with Crippen LogP contribution in [-0.4, -0.2) is 96.2 Å². The highest BCUT2D eigenvalue weighted by molar-refractivity contribution is 6.03. The molecule has 63 heavy (non-hydrogen) atoms. The standard InChI is InChI=1S/C45H55F2N11O5/c1-54(23-29-14-17-56(18-15-29)24-30-7-10-35-37(19-30)55(2)45(62)58(35)36-11-12-39(59)52-43(36)61)22-28-5-8-32(9-6-28)57-25-33(40(53-57)41(46)47)50-42(60)34-26-63-44(51-34)31-13-16-48-38(20-31)49-21-27-3-4-27/h7,10,13,16,19-20,25-29,32,36,41H,3-6,8-9,11-12,14-15,17-18,21-24H2,1-2H3,(H,48,49)(H,50,60)(H,52,59,61). The smallest absolute Gasteiger partial charge is 0.329 e. The van der Waals surface area contributed by atoms with Gasteiger partial charge in [-0.05, 0) is 126 Å². The van der Waals surface area contributed by atoms with Crippen molar-refractivity contribution in [3.8, 4) is 11.5 Å². The lowest BCUT2D eigenvalue weighted by molar-refractivity contribution is -0.135. The number of likely N-dealkylation sites (tertiary alicyclic amines) is 1. The van der Waals surface area contributed by atoms with E-state index in [-0.39, 0.29) is 41.3 Å². The molecule has 16 nitrogen and oxygen atoms in total. The highest BCUT2D eigenvalue weighted by Crippen LogP contribution is 2.36. The number of alkyl halides is 2. The molecule has 9 rings (SSSR count). The van der Waals surface area contributed by atoms with E-state index < -0.39 is 30.0 Å². The molecule has 6 heterocycles. The van der Waals surface area contributed by atoms with Crippen molar-refractivity contribution >= 4 is 40.3 Å². The first-order chi connectivity index (χ1) is 30.4. The van der Waals surface area contributed by atoms with Gasteiger partial charge in [0, 0.05) is 57.6 Å². The molecule has 1 unspecified atom stereocenters. The van der Waals surface area contributed by atoms with Crippen LogP contribution in [0.1, 0.15) is 104 Å². The molecule has 2 aliphatic carbocycles. The number of imidazole rings is 1. The third-order valence-corrected chi connectivity index (χ3v) is 13.3. The number of fused-ring (bicyclic) bond motifs is 1. The largest absolute Gasteiger partial charge is 0.444 e. The Morgan fingerprint density at radius 1 is 0.952 bits per heavy atom. The fraction of sp³-hybridized carbons (Fsp3) is 0.533. The summed E-state index contributed by atoms with van der Waals surface area (Å²) in [7, 11) is 3.91. The van der Waals surface area contributed by atoms with E-state index in [9.17, 15) is 28.0 Å². The van der Waals surface area contributed by atoms with Gasteiger partial charge in [0.2, 0.25) is 17.7 Å². The van der Waals surface area contributed by atoms with E-state index in [2.05, 4.69) is 47.9 Å². The number of hydrogen-bond acceptors (Lipinski definition) is 11. The normalized spacial score (nSPS) is 21.4. The van der Waals surface area contributed by atoms with Crippen molar-refractivity contribution in [1.29, 1.82) is 0 Å². The van der Waals surface area contributed by atoms with E-state index in [1.165, 1.54) is 29.9 Å². The van der Waals surface area contributed by atoms with Crippen LogP contribution < -0.4 is 21.6 Å². The third-order valence-electron chi connectivity index (χ3n) is 13.3. The molecule has 3 amide bonds. The highest BCUT2D eigenvalue weighted by atomic mass is 19.3. The van der Waals surface area contributed by atoms with E-state index in [1.54, 1.807) is 34.6 Å². The van der Waals surface area contributed by atoms with Gasteiger partial charge in [-0.3, -0.25) is 38.4 Å². The molecule has 18 heteroatoms. The van der Waals surface area contributed by atoms with Crippen LogP contribution in [0.25, 0.3) is 22.5 Å². The number of imide groups is 1. The summed E-state index contributed by atoms with van der Waals surface area (Å²) in [5.41, 5.74) is 2.44. The summed E-state index contributed by atoms with van der Waals surface area (Å²) in [5.74, 6) is 1.28. The van der Waals surface area contributed by atoms with Crippen LogP contribution in [0.2, 0.25) is 0 Å². The molecule has 2 aliphatic heterocycles. The summed E-state index contributed by atoms with van der Waals surface area (Å²) in [6, 6.07) is 8.79. The van der Waals surface area contributed by atoms with Crippen LogP contribution in [0.5, 0.6) is 0 Å². The van der Waals surface area contributed by atoms with Crippen molar-refractivity contribution in [3.05, 3.63) is 76.4 Å². The van der Waals surface area contributed by atoms with Crippen LogP contribution in [0, 0.1) is 17.8 Å². The van der Waals surface area contributed by atoms with Gasteiger partial charge in [0.1, 0.15) is 18.1 Å². The van der Waals surface area contributed by atoms with Crippen molar-refractivity contribution in [2.24, 2.45) is 24.8 Å². The van der Waals surface area contributed by atoms with Crippen molar-refractivity contribution in [1.82, 2.24) is 44.0 Å². The fourth-order valence-electron chi connectivity index (χ4n) is 9.65. The Hall–Kier alpha value is -5.75. The summed E-state index contributed by atoms with van der Waals surface area (Å²) < 4.78 is 38.7. The number of carbonyl (C=O) groups excluding carboxylic acids is 3. The molecule has 2 saturated heterocycles. The number of hydrogen-bond donors (Lipinski definition) is 3. The summed E-state index contributed by atoms with van der Waals surface area (Å²) in [6.07, 6.45) is 10.2. The zero-order valence-corrected chi connectivity index (χ0v) is 35.8. The summed E-state index contributed by atoms with van der Waals surface area (Å²) in [5, 5.41) is 12.5. The lowest BCUT2D eigenvalue weighted by Crippen LogP contribution is -2.44. The number of nitrogens with one attached hydrogen (secondary N) is 3. The number of anilines is 2. The Labute approximate surface area is 363 Å². The molecular formula is C45H55F2N11O5. The molecule has 334 valence electrons. The van der Waals surface area contributed by atoms with Crippen LogP contribution >= 0.6 is 0 Å². The second-order valence-electron chi connectivity index (χ2n) is 18.1. The SMILES string of the molecule is CN(CC1CCC(n2cc(NC(=O)c3coc(-c4ccnc(NCC5CC5)c4)n3)c(C(F)F)n2)CC1)CC1CCN(Cc2ccc3c(c2)n(C)c(=O)n3C2CCC(=O)NC2=O)CC1. The van der Waals surface area contributed by atoms with Gasteiger partial charge in [-0.1, -0.05) is 6.07 Å². The molecule has 3 N–H and O–H groups in total. The topological polar surface area (TPSA) is 177 Å². The number of benzene rings is 1. The van der Waals surface area contributed by atoms with Crippen LogP contribution in [0.3, 0.4) is 0 Å². The Bertz CT molecular complexity index is 2530. The fourth-order valence-corrected chi connectivity index (χ4v) is 9.65. The monoisotopic (exact) mass is 867 g/mol. The highest BCUT2D eigenvalue weighted by Gasteiger charge is 2.32. The van der Waals surface area contributed by atoms with Gasteiger partial charge in [-0.2, -0.15) is 5.10 Å². The molecule has 4 aliphatic rings. The Morgan fingerprint density at radius 2 is 1.70 bits per heavy atom. The van der Waals surface area contributed by atoms with Gasteiger partial charge >= 0.3 is 5.69 Å². The summed E-state index contributed by atoms with van der Waals surface area (Å²) in [4.78, 5) is 64.2. The second-order valence-corrected chi connectivity index (χ2v) is 18.1. The number of carbonyl (C=O) groups is 3. The predicted molar refractivity (Wildman–Crippen MR) is 231 cm³/mol. The van der Waals surface area contributed by atoms with E-state index in [0.29, 0.717) is 41.1 Å². The van der Waals surface area contributed by atoms with E-state index in [1.807, 2.05) is 18.2 Å². The minimum atomic E-state index is -2.86. The number of rotatable bonds is 15. The lowest BCUT2D eigenvalue weighted by Gasteiger charge is -2.36. The first kappa shape index (κ1) is 42.5. The third kappa shape index (κ3) is 9.61. The second kappa shape index (κ2) is 18.2. The van der Waals surface area contributed by atoms with E-state index >= 15 is 0 Å². The number of aryl methyl sites for hydroxylation is 1. The number of halogens is 2. The van der Waals surface area contributed by atoms with Crippen LogP contribution in [-0.2, 0) is 23.2 Å². The zero-order valence-electron chi connectivity index (χ0n) is 35.8. The average Bonchev–Trinajstić information content (AvgIpc) is 3.69. The Kier molecular flexibility index (Phi) is 12.3. The van der Waals surface area contributed by atoms with Gasteiger partial charge < -0.3 is 20.0 Å². The number of oxazole rings is 1. The minimum absolute atomic E-state index is 0.0249. The van der Waals surface area contributed by atoms with Gasteiger partial charge in [0.05, 0.1) is 22.8 Å². The lowest BCUT2D eigenvalue weighted by atomic mass is 9.85. The molecule has 5 aromatic rings. The van der Waals surface area contributed by atoms with Crippen molar-refractivity contribution < 1.29 is 27.6 Å². The Morgan fingerprint density at radius 3 is 2.43 bits per heavy atom. The number of pyridine rings is 1. The van der Waals surface area contributed by atoms with Gasteiger partial charge in [-0.15, -0.1) is 0 Å². The zero-order chi connectivity index (χ0) is 43.8. The quantitative estimate of drug-likeness (QED) is 0.103. The van der Waals surface area contributed by atoms with Gasteiger partial charge in [-0.25, -0.2) is 23.5 Å². The molecule has 4 aromatic heterocycles. The predicted octanol–water partition coefficient (Wildman–Crippen LogP) is 6.15. The molecule has 0 spiro atoms. The van der Waals surface area contributed by atoms with Gasteiger partial charge in [0.15, 0.2) is 11.4 Å². The van der Waals surface area contributed by atoms with Crippen LogP contribution in [0.4, 0.5) is 20.3 Å². The maximum absolute atomic E-state index is 14.2. The molecule has 0 bridgehead atoms. The summed E-state index contributed by atoms with van der Waals surface area (Å²) in [6.45, 7) is 5.58. The van der Waals surface area contributed by atoms with Gasteiger partial charge in [0.25, 0.3) is 12.3 Å². The maximum Gasteiger partial charge on any atom is 0.329 e. The van der Waals surface area contributed by atoms with Crippen LogP contribution in [0.15, 0.2) is 58.2 Å². The maximum atomic E-state index is 14.2. The number of amides is 3. The molecule has 1 aromatic carbocycles. The molecule has 2 saturated carbocycles. The number of piperidine rings is 2.